The van der Waals surface area contributed by atoms with Crippen molar-refractivity contribution in [1.29, 1.82) is 0 Å². The van der Waals surface area contributed by atoms with Crippen LogP contribution in [-0.2, 0) is 0 Å². The fourth-order valence-electron chi connectivity index (χ4n) is 2.08. The monoisotopic (exact) mass is 341 g/mol. The molecule has 0 saturated heterocycles. The summed E-state index contributed by atoms with van der Waals surface area (Å²) < 4.78 is 5.75. The summed E-state index contributed by atoms with van der Waals surface area (Å²) in [6.07, 6.45) is 3.09. The van der Waals surface area contributed by atoms with E-state index in [-0.39, 0.29) is 5.88 Å². The van der Waals surface area contributed by atoms with Gasteiger partial charge in [-0.15, -0.1) is 0 Å². The predicted molar refractivity (Wildman–Crippen MR) is 95.0 cm³/mol. The molecule has 2 heterocycles. The Hall–Kier alpha value is -2.86. The van der Waals surface area contributed by atoms with Crippen LogP contribution in [0.3, 0.4) is 0 Å². The van der Waals surface area contributed by atoms with Gasteiger partial charge in [-0.25, -0.2) is 9.97 Å². The molecule has 0 fully saturated rings. The van der Waals surface area contributed by atoms with Gasteiger partial charge in [0.25, 0.3) is 0 Å². The second-order valence-corrected chi connectivity index (χ2v) is 5.70. The van der Waals surface area contributed by atoms with E-state index < -0.39 is 0 Å². The van der Waals surface area contributed by atoms with Gasteiger partial charge in [0.05, 0.1) is 0 Å². The van der Waals surface area contributed by atoms with Crippen LogP contribution in [0.15, 0.2) is 42.9 Å². The maximum absolute atomic E-state index is 6.12. The van der Waals surface area contributed by atoms with Gasteiger partial charge in [0.2, 0.25) is 5.88 Å². The molecule has 0 bridgehead atoms. The van der Waals surface area contributed by atoms with E-state index in [4.69, 9.17) is 22.1 Å². The number of anilines is 3. The fourth-order valence-corrected chi connectivity index (χ4v) is 2.20. The molecule has 3 N–H and O–H groups in total. The molecule has 0 atom stereocenters. The smallest absolute Gasteiger partial charge is 0.248 e. The van der Waals surface area contributed by atoms with E-state index in [9.17, 15) is 0 Å². The van der Waals surface area contributed by atoms with E-state index in [1.807, 2.05) is 32.0 Å². The van der Waals surface area contributed by atoms with Crippen molar-refractivity contribution in [3.63, 3.8) is 0 Å². The van der Waals surface area contributed by atoms with E-state index in [1.165, 1.54) is 6.33 Å². The highest BCUT2D eigenvalue weighted by Crippen LogP contribution is 2.31. The molecule has 122 valence electrons. The van der Waals surface area contributed by atoms with Gasteiger partial charge in [0, 0.05) is 11.2 Å². The first-order chi connectivity index (χ1) is 11.5. The number of hydrogen-bond acceptors (Lipinski definition) is 6. The van der Waals surface area contributed by atoms with Crippen LogP contribution in [0.25, 0.3) is 0 Å². The summed E-state index contributed by atoms with van der Waals surface area (Å²) in [7, 11) is 0. The lowest BCUT2D eigenvalue weighted by Gasteiger charge is -2.12. The molecular formula is C17H16ClN5O. The molecule has 0 saturated carbocycles. The van der Waals surface area contributed by atoms with Crippen molar-refractivity contribution in [1.82, 2.24) is 15.0 Å². The first-order valence-corrected chi connectivity index (χ1v) is 7.65. The third-order valence-corrected chi connectivity index (χ3v) is 3.78. The highest BCUT2D eigenvalue weighted by molar-refractivity contribution is 6.31. The van der Waals surface area contributed by atoms with Gasteiger partial charge in [-0.2, -0.15) is 4.98 Å². The minimum atomic E-state index is 0.266. The highest BCUT2D eigenvalue weighted by Gasteiger charge is 2.11. The quantitative estimate of drug-likeness (QED) is 0.737. The lowest BCUT2D eigenvalue weighted by molar-refractivity contribution is 0.464. The zero-order chi connectivity index (χ0) is 17.1. The number of pyridine rings is 1. The number of nitrogens with one attached hydrogen (secondary N) is 1. The Morgan fingerprint density at radius 2 is 1.92 bits per heavy atom. The summed E-state index contributed by atoms with van der Waals surface area (Å²) in [6, 6.07) is 9.14. The van der Waals surface area contributed by atoms with Crippen molar-refractivity contribution in [3.05, 3.63) is 59.0 Å². The van der Waals surface area contributed by atoms with Crippen LogP contribution in [0.1, 0.15) is 11.1 Å². The van der Waals surface area contributed by atoms with Crippen molar-refractivity contribution in [2.45, 2.75) is 13.8 Å². The van der Waals surface area contributed by atoms with Gasteiger partial charge in [-0.1, -0.05) is 11.6 Å². The summed E-state index contributed by atoms with van der Waals surface area (Å²) in [5, 5.41) is 3.74. The number of hydrogen-bond donors (Lipinski definition) is 2. The second-order valence-electron chi connectivity index (χ2n) is 5.30. The number of nitrogens with zero attached hydrogens (tertiary/aromatic N) is 3. The third kappa shape index (κ3) is 3.55. The molecule has 0 aliphatic heterocycles. The molecule has 6 nitrogen and oxygen atoms in total. The van der Waals surface area contributed by atoms with Crippen molar-refractivity contribution >= 4 is 28.9 Å². The Bertz CT molecular complexity index is 885. The van der Waals surface area contributed by atoms with Crippen LogP contribution >= 0.6 is 11.6 Å². The molecule has 3 rings (SSSR count). The molecule has 24 heavy (non-hydrogen) atoms. The zero-order valence-corrected chi connectivity index (χ0v) is 14.0. The van der Waals surface area contributed by atoms with Gasteiger partial charge < -0.3 is 15.8 Å². The van der Waals surface area contributed by atoms with Crippen molar-refractivity contribution in [2.75, 3.05) is 11.1 Å². The lowest BCUT2D eigenvalue weighted by atomic mass is 10.2. The van der Waals surface area contributed by atoms with E-state index in [0.717, 1.165) is 11.1 Å². The summed E-state index contributed by atoms with van der Waals surface area (Å²) in [5.74, 6) is 1.95. The van der Waals surface area contributed by atoms with Crippen molar-refractivity contribution in [2.24, 2.45) is 0 Å². The Kier molecular flexibility index (Phi) is 4.48. The van der Waals surface area contributed by atoms with E-state index in [1.54, 1.807) is 18.3 Å². The fraction of sp³-hybridized carbons (Fsp3) is 0.118. The molecule has 3 aromatic rings. The topological polar surface area (TPSA) is 86.0 Å². The highest BCUT2D eigenvalue weighted by atomic mass is 35.5. The van der Waals surface area contributed by atoms with Gasteiger partial charge in [0.1, 0.15) is 23.6 Å². The molecular weight excluding hydrogens is 326 g/mol. The molecule has 0 spiro atoms. The van der Waals surface area contributed by atoms with E-state index >= 15 is 0 Å². The minimum Gasteiger partial charge on any atom is -0.437 e. The maximum Gasteiger partial charge on any atom is 0.248 e. The second kappa shape index (κ2) is 6.72. The largest absolute Gasteiger partial charge is 0.437 e. The van der Waals surface area contributed by atoms with Gasteiger partial charge in [-0.3, -0.25) is 0 Å². The number of aromatic nitrogens is 3. The van der Waals surface area contributed by atoms with Crippen LogP contribution in [-0.4, -0.2) is 15.0 Å². The number of rotatable bonds is 4. The van der Waals surface area contributed by atoms with Crippen molar-refractivity contribution < 1.29 is 4.74 Å². The zero-order valence-electron chi connectivity index (χ0n) is 13.2. The molecule has 0 radical (unpaired) electrons. The predicted octanol–water partition coefficient (Wildman–Crippen LogP) is 4.26. The summed E-state index contributed by atoms with van der Waals surface area (Å²) in [4.78, 5) is 12.5. The SMILES string of the molecule is Cc1ccnc(Nc2ncnc(Oc3ccc(Cl)c(C)c3)c2N)c1. The molecule has 7 heteroatoms. The molecule has 2 aromatic heterocycles. The van der Waals surface area contributed by atoms with Gasteiger partial charge in [-0.05, 0) is 55.3 Å². The molecule has 0 aliphatic carbocycles. The Morgan fingerprint density at radius 1 is 1.08 bits per heavy atom. The number of halogens is 1. The number of aryl methyl sites for hydroxylation is 2. The average molecular weight is 342 g/mol. The van der Waals surface area contributed by atoms with Gasteiger partial charge in [0.15, 0.2) is 5.82 Å². The number of nitrogens with two attached hydrogens (primary N) is 1. The van der Waals surface area contributed by atoms with Crippen LogP contribution in [0.4, 0.5) is 17.3 Å². The van der Waals surface area contributed by atoms with Crippen LogP contribution in [0.2, 0.25) is 5.02 Å². The minimum absolute atomic E-state index is 0.266. The average Bonchev–Trinajstić information content (AvgIpc) is 2.55. The van der Waals surface area contributed by atoms with Crippen LogP contribution in [0, 0.1) is 13.8 Å². The summed E-state index contributed by atoms with van der Waals surface area (Å²) in [5.41, 5.74) is 8.40. The van der Waals surface area contributed by atoms with Crippen molar-refractivity contribution in [3.8, 4) is 11.6 Å². The summed E-state index contributed by atoms with van der Waals surface area (Å²) >= 11 is 6.02. The molecule has 1 aromatic carbocycles. The Morgan fingerprint density at radius 3 is 2.67 bits per heavy atom. The normalized spacial score (nSPS) is 10.5. The first kappa shape index (κ1) is 16.0. The maximum atomic E-state index is 6.12. The first-order valence-electron chi connectivity index (χ1n) is 7.27. The molecule has 0 unspecified atom stereocenters. The van der Waals surface area contributed by atoms with Crippen LogP contribution in [0.5, 0.6) is 11.6 Å². The molecule has 0 aliphatic rings. The third-order valence-electron chi connectivity index (χ3n) is 3.35. The standard InChI is InChI=1S/C17H16ClN5O/c1-10-5-6-20-14(7-10)23-16-15(19)17(22-9-21-16)24-12-3-4-13(18)11(2)8-12/h3-9H,19H2,1-2H3,(H,20,21,22,23). The molecule has 0 amide bonds. The van der Waals surface area contributed by atoms with E-state index in [0.29, 0.717) is 28.1 Å². The number of ether oxygens (including phenoxy) is 1. The van der Waals surface area contributed by atoms with Gasteiger partial charge >= 0.3 is 0 Å². The van der Waals surface area contributed by atoms with Crippen LogP contribution < -0.4 is 15.8 Å². The Balaban J connectivity index is 1.86. The summed E-state index contributed by atoms with van der Waals surface area (Å²) in [6.45, 7) is 3.88. The number of benzene rings is 1. The Labute approximate surface area is 144 Å². The number of nitrogen functional groups attached to an aromatic ring is 1. The van der Waals surface area contributed by atoms with E-state index in [2.05, 4.69) is 20.3 Å². The lowest BCUT2D eigenvalue weighted by Crippen LogP contribution is -2.04.